The average molecular weight is 356 g/mol. The van der Waals surface area contributed by atoms with E-state index in [-0.39, 0.29) is 24.6 Å². The van der Waals surface area contributed by atoms with Crippen molar-refractivity contribution in [1.29, 1.82) is 0 Å². The first-order chi connectivity index (χ1) is 12.5. The lowest BCUT2D eigenvalue weighted by molar-refractivity contribution is -0.137. The Balaban J connectivity index is 1.71. The number of carbonyl (C=O) groups excluding carboxylic acids is 1. The summed E-state index contributed by atoms with van der Waals surface area (Å²) in [5.74, 6) is 0.532. The number of likely N-dealkylation sites (tertiary alicyclic amines) is 1. The molecule has 26 heavy (non-hydrogen) atoms. The van der Waals surface area contributed by atoms with Crippen LogP contribution in [0.5, 0.6) is 0 Å². The molecule has 0 spiro atoms. The largest absolute Gasteiger partial charge is 0.392 e. The molecule has 1 aliphatic rings. The fraction of sp³-hybridized carbons (Fsp3) is 0.500. The van der Waals surface area contributed by atoms with Gasteiger partial charge < -0.3 is 15.3 Å². The highest BCUT2D eigenvalue weighted by molar-refractivity contribution is 5.77. The van der Waals surface area contributed by atoms with Gasteiger partial charge in [-0.3, -0.25) is 9.48 Å². The van der Waals surface area contributed by atoms with Crippen molar-refractivity contribution in [3.8, 4) is 0 Å². The highest BCUT2D eigenvalue weighted by Crippen LogP contribution is 2.35. The summed E-state index contributed by atoms with van der Waals surface area (Å²) >= 11 is 0. The monoisotopic (exact) mass is 356 g/mol. The van der Waals surface area contributed by atoms with E-state index in [1.165, 1.54) is 0 Å². The summed E-state index contributed by atoms with van der Waals surface area (Å²) in [6.45, 7) is 3.01. The van der Waals surface area contributed by atoms with E-state index < -0.39 is 0 Å². The molecular weight excluding hydrogens is 328 g/mol. The quantitative estimate of drug-likeness (QED) is 0.832. The maximum absolute atomic E-state index is 12.2. The van der Waals surface area contributed by atoms with E-state index in [1.807, 2.05) is 49.6 Å². The first-order valence-electron chi connectivity index (χ1n) is 9.17. The van der Waals surface area contributed by atoms with Crippen molar-refractivity contribution < 1.29 is 9.90 Å². The minimum absolute atomic E-state index is 0.0495. The van der Waals surface area contributed by atoms with Crippen LogP contribution >= 0.6 is 0 Å². The van der Waals surface area contributed by atoms with E-state index in [2.05, 4.69) is 23.4 Å². The third-order valence-corrected chi connectivity index (χ3v) is 5.37. The SMILES string of the molecule is CC(NC[C@H]1CCC(=O)N(C)[C@@H]1c1cnn(C)c1)c1cccc(CO)c1. The average Bonchev–Trinajstić information content (AvgIpc) is 3.08. The van der Waals surface area contributed by atoms with Crippen LogP contribution in [0.25, 0.3) is 0 Å². The molecule has 1 saturated heterocycles. The molecule has 0 aliphatic carbocycles. The molecule has 0 radical (unpaired) electrons. The van der Waals surface area contributed by atoms with Crippen molar-refractivity contribution in [2.75, 3.05) is 13.6 Å². The van der Waals surface area contributed by atoms with Crippen LogP contribution in [0.3, 0.4) is 0 Å². The molecule has 0 bridgehead atoms. The molecule has 3 rings (SSSR count). The summed E-state index contributed by atoms with van der Waals surface area (Å²) in [5, 5.41) is 17.2. The third-order valence-electron chi connectivity index (χ3n) is 5.37. The van der Waals surface area contributed by atoms with E-state index in [0.717, 1.165) is 29.7 Å². The van der Waals surface area contributed by atoms with Crippen molar-refractivity contribution in [1.82, 2.24) is 20.0 Å². The van der Waals surface area contributed by atoms with Gasteiger partial charge in [0.05, 0.1) is 18.8 Å². The van der Waals surface area contributed by atoms with Crippen LogP contribution in [0.15, 0.2) is 36.7 Å². The number of amides is 1. The number of benzene rings is 1. The van der Waals surface area contributed by atoms with E-state index >= 15 is 0 Å². The predicted molar refractivity (Wildman–Crippen MR) is 100 cm³/mol. The van der Waals surface area contributed by atoms with Gasteiger partial charge in [0, 0.05) is 44.9 Å². The molecule has 140 valence electrons. The zero-order valence-corrected chi connectivity index (χ0v) is 15.7. The Bertz CT molecular complexity index is 758. The van der Waals surface area contributed by atoms with Crippen molar-refractivity contribution in [3.05, 3.63) is 53.3 Å². The van der Waals surface area contributed by atoms with Gasteiger partial charge in [-0.15, -0.1) is 0 Å². The number of aliphatic hydroxyl groups excluding tert-OH is 1. The lowest BCUT2D eigenvalue weighted by Gasteiger charge is -2.39. The normalized spacial score (nSPS) is 21.8. The fourth-order valence-corrected chi connectivity index (χ4v) is 3.82. The number of hydrogen-bond donors (Lipinski definition) is 2. The van der Waals surface area contributed by atoms with E-state index in [1.54, 1.807) is 4.68 Å². The summed E-state index contributed by atoms with van der Waals surface area (Å²) in [5.41, 5.74) is 3.17. The van der Waals surface area contributed by atoms with Gasteiger partial charge in [-0.1, -0.05) is 24.3 Å². The minimum Gasteiger partial charge on any atom is -0.392 e. The second-order valence-electron chi connectivity index (χ2n) is 7.23. The van der Waals surface area contributed by atoms with Crippen molar-refractivity contribution in [2.45, 2.75) is 38.5 Å². The molecule has 1 fully saturated rings. The van der Waals surface area contributed by atoms with Crippen LogP contribution in [0.2, 0.25) is 0 Å². The van der Waals surface area contributed by atoms with Gasteiger partial charge in [-0.2, -0.15) is 5.10 Å². The Hall–Kier alpha value is -2.18. The smallest absolute Gasteiger partial charge is 0.222 e. The van der Waals surface area contributed by atoms with Crippen molar-refractivity contribution in [3.63, 3.8) is 0 Å². The number of rotatable bonds is 6. The number of hydrogen-bond acceptors (Lipinski definition) is 4. The molecule has 3 atom stereocenters. The summed E-state index contributed by atoms with van der Waals surface area (Å²) in [6.07, 6.45) is 5.33. The van der Waals surface area contributed by atoms with Crippen LogP contribution in [0, 0.1) is 5.92 Å². The van der Waals surface area contributed by atoms with Crippen LogP contribution in [-0.4, -0.2) is 39.3 Å². The maximum atomic E-state index is 12.2. The van der Waals surface area contributed by atoms with Crippen LogP contribution in [0.1, 0.15) is 48.5 Å². The Kier molecular flexibility index (Phi) is 5.74. The molecule has 1 aromatic heterocycles. The van der Waals surface area contributed by atoms with E-state index in [0.29, 0.717) is 12.3 Å². The second kappa shape index (κ2) is 8.01. The van der Waals surface area contributed by atoms with Crippen molar-refractivity contribution >= 4 is 5.91 Å². The lowest BCUT2D eigenvalue weighted by Crippen LogP contribution is -2.43. The van der Waals surface area contributed by atoms with Gasteiger partial charge in [0.2, 0.25) is 5.91 Å². The highest BCUT2D eigenvalue weighted by Gasteiger charge is 2.35. The van der Waals surface area contributed by atoms with Crippen LogP contribution in [0.4, 0.5) is 0 Å². The summed E-state index contributed by atoms with van der Waals surface area (Å²) in [4.78, 5) is 14.1. The van der Waals surface area contributed by atoms with Gasteiger partial charge in [0.15, 0.2) is 0 Å². The number of aliphatic hydroxyl groups is 1. The zero-order chi connectivity index (χ0) is 18.7. The Morgan fingerprint density at radius 3 is 2.88 bits per heavy atom. The molecule has 2 aromatic rings. The van der Waals surface area contributed by atoms with Gasteiger partial charge in [-0.25, -0.2) is 0 Å². The molecule has 2 heterocycles. The van der Waals surface area contributed by atoms with Gasteiger partial charge in [0.25, 0.3) is 0 Å². The number of piperidine rings is 1. The highest BCUT2D eigenvalue weighted by atomic mass is 16.3. The number of carbonyl (C=O) groups is 1. The molecule has 1 aromatic carbocycles. The van der Waals surface area contributed by atoms with Gasteiger partial charge >= 0.3 is 0 Å². The summed E-state index contributed by atoms with van der Waals surface area (Å²) < 4.78 is 1.79. The van der Waals surface area contributed by atoms with E-state index in [9.17, 15) is 9.90 Å². The summed E-state index contributed by atoms with van der Waals surface area (Å²) in [7, 11) is 3.79. The summed E-state index contributed by atoms with van der Waals surface area (Å²) in [6, 6.07) is 8.24. The van der Waals surface area contributed by atoms with Crippen molar-refractivity contribution in [2.24, 2.45) is 13.0 Å². The van der Waals surface area contributed by atoms with Gasteiger partial charge in [0.1, 0.15) is 0 Å². The predicted octanol–water partition coefficient (Wildman–Crippen LogP) is 2.17. The first kappa shape index (κ1) is 18.6. The number of nitrogens with zero attached hydrogens (tertiary/aromatic N) is 3. The molecule has 1 unspecified atom stereocenters. The zero-order valence-electron chi connectivity index (χ0n) is 15.7. The third kappa shape index (κ3) is 3.97. The van der Waals surface area contributed by atoms with E-state index in [4.69, 9.17) is 0 Å². The molecule has 1 amide bonds. The topological polar surface area (TPSA) is 70.4 Å². The molecule has 6 heteroatoms. The molecular formula is C20H28N4O2. The Morgan fingerprint density at radius 2 is 2.19 bits per heavy atom. The number of aromatic nitrogens is 2. The standard InChI is InChI=1S/C20H28N4O2/c1-14(16-6-4-5-15(9-16)13-25)21-10-17-7-8-19(26)24(3)20(17)18-11-22-23(2)12-18/h4-6,9,11-12,14,17,20-21,25H,7-8,10,13H2,1-3H3/t14?,17-,20+/m1/s1. The fourth-order valence-electron chi connectivity index (χ4n) is 3.82. The molecule has 2 N–H and O–H groups in total. The molecule has 1 aliphatic heterocycles. The Labute approximate surface area is 154 Å². The van der Waals surface area contributed by atoms with Gasteiger partial charge in [-0.05, 0) is 30.4 Å². The second-order valence-corrected chi connectivity index (χ2v) is 7.23. The van der Waals surface area contributed by atoms with Crippen LogP contribution < -0.4 is 5.32 Å². The number of aryl methyl sites for hydroxylation is 1. The number of nitrogens with one attached hydrogen (secondary N) is 1. The lowest BCUT2D eigenvalue weighted by atomic mass is 9.85. The van der Waals surface area contributed by atoms with Crippen LogP contribution in [-0.2, 0) is 18.4 Å². The first-order valence-corrected chi connectivity index (χ1v) is 9.17. The minimum atomic E-state index is 0.0495. The maximum Gasteiger partial charge on any atom is 0.222 e. The molecule has 0 saturated carbocycles. The molecule has 6 nitrogen and oxygen atoms in total. The Morgan fingerprint density at radius 1 is 1.38 bits per heavy atom.